The molecule has 1 aliphatic carbocycles. The predicted octanol–water partition coefficient (Wildman–Crippen LogP) is 5.03. The third-order valence-electron chi connectivity index (χ3n) is 4.52. The molecule has 3 heteroatoms. The predicted molar refractivity (Wildman–Crippen MR) is 96.2 cm³/mol. The standard InChI is InChI=1S/C19H30O2Si/c1-7-21-17-13-12-16(18(20)15-17)11-9-8-10-14-22(5,6)19(2,3)4/h11,15H,7-9,12-13H2,1-6H3. The van der Waals surface area contributed by atoms with Crippen molar-refractivity contribution in [1.29, 1.82) is 0 Å². The molecule has 0 radical (unpaired) electrons. The zero-order chi connectivity index (χ0) is 16.8. The van der Waals surface area contributed by atoms with Gasteiger partial charge in [0.2, 0.25) is 0 Å². The van der Waals surface area contributed by atoms with Gasteiger partial charge in [0.1, 0.15) is 13.8 Å². The van der Waals surface area contributed by atoms with Crippen LogP contribution in [-0.2, 0) is 9.53 Å². The molecule has 122 valence electrons. The Morgan fingerprint density at radius 3 is 2.55 bits per heavy atom. The number of ether oxygens (including phenoxy) is 1. The maximum atomic E-state index is 12.0. The molecule has 0 bridgehead atoms. The third-order valence-corrected chi connectivity index (χ3v) is 9.07. The lowest BCUT2D eigenvalue weighted by atomic mass is 9.97. The lowest BCUT2D eigenvalue weighted by Crippen LogP contribution is -2.35. The molecule has 0 saturated heterocycles. The molecule has 0 aromatic heterocycles. The lowest BCUT2D eigenvalue weighted by Gasteiger charge is -2.31. The Morgan fingerprint density at radius 2 is 2.00 bits per heavy atom. The zero-order valence-electron chi connectivity index (χ0n) is 15.0. The minimum absolute atomic E-state index is 0.104. The van der Waals surface area contributed by atoms with E-state index < -0.39 is 8.07 Å². The molecule has 0 atom stereocenters. The van der Waals surface area contributed by atoms with E-state index in [-0.39, 0.29) is 5.78 Å². The Hall–Kier alpha value is -1.27. The number of carbonyl (C=O) groups excluding carboxylic acids is 1. The van der Waals surface area contributed by atoms with Crippen LogP contribution in [0.15, 0.2) is 23.5 Å². The second kappa shape index (κ2) is 7.83. The van der Waals surface area contributed by atoms with Gasteiger partial charge in [-0.1, -0.05) is 39.9 Å². The van der Waals surface area contributed by atoms with E-state index in [1.165, 1.54) is 0 Å². The van der Waals surface area contributed by atoms with E-state index >= 15 is 0 Å². The smallest absolute Gasteiger partial charge is 0.184 e. The summed E-state index contributed by atoms with van der Waals surface area (Å²) in [6.45, 7) is 14.0. The normalized spacial score (nSPS) is 17.8. The highest BCUT2D eigenvalue weighted by atomic mass is 28.3. The van der Waals surface area contributed by atoms with E-state index in [0.29, 0.717) is 11.6 Å². The summed E-state index contributed by atoms with van der Waals surface area (Å²) in [7, 11) is -1.50. The summed E-state index contributed by atoms with van der Waals surface area (Å²) in [5.41, 5.74) is 4.43. The number of ketones is 1. The van der Waals surface area contributed by atoms with Crippen molar-refractivity contribution in [3.05, 3.63) is 23.5 Å². The van der Waals surface area contributed by atoms with Crippen molar-refractivity contribution in [2.75, 3.05) is 6.61 Å². The first-order valence-corrected chi connectivity index (χ1v) is 11.2. The number of hydrogen-bond acceptors (Lipinski definition) is 2. The Bertz CT molecular complexity index is 522. The zero-order valence-corrected chi connectivity index (χ0v) is 16.0. The number of unbranched alkanes of at least 4 members (excludes halogenated alkanes) is 1. The van der Waals surface area contributed by atoms with Crippen molar-refractivity contribution in [2.24, 2.45) is 0 Å². The van der Waals surface area contributed by atoms with Crippen LogP contribution in [0.1, 0.15) is 53.4 Å². The second-order valence-corrected chi connectivity index (χ2v) is 12.4. The van der Waals surface area contributed by atoms with Gasteiger partial charge in [-0.2, -0.15) is 0 Å². The highest BCUT2D eigenvalue weighted by Crippen LogP contribution is 2.35. The quantitative estimate of drug-likeness (QED) is 0.314. The average molecular weight is 319 g/mol. The van der Waals surface area contributed by atoms with Gasteiger partial charge in [-0.3, -0.25) is 4.79 Å². The molecular formula is C19H30O2Si. The first-order valence-electron chi connectivity index (χ1n) is 8.24. The highest BCUT2D eigenvalue weighted by Gasteiger charge is 2.33. The monoisotopic (exact) mass is 318 g/mol. The van der Waals surface area contributed by atoms with Gasteiger partial charge in [0.15, 0.2) is 5.78 Å². The number of allylic oxidation sites excluding steroid dienone is 4. The number of rotatable bonds is 4. The molecular weight excluding hydrogens is 288 g/mol. The van der Waals surface area contributed by atoms with Gasteiger partial charge < -0.3 is 4.74 Å². The van der Waals surface area contributed by atoms with Crippen molar-refractivity contribution in [2.45, 2.75) is 71.5 Å². The van der Waals surface area contributed by atoms with Crippen LogP contribution in [-0.4, -0.2) is 20.5 Å². The van der Waals surface area contributed by atoms with Gasteiger partial charge in [0, 0.05) is 18.9 Å². The Kier molecular flexibility index (Phi) is 6.68. The lowest BCUT2D eigenvalue weighted by molar-refractivity contribution is -0.112. The average Bonchev–Trinajstić information content (AvgIpc) is 2.39. The van der Waals surface area contributed by atoms with Crippen molar-refractivity contribution >= 4 is 13.9 Å². The van der Waals surface area contributed by atoms with Crippen molar-refractivity contribution in [3.8, 4) is 11.5 Å². The van der Waals surface area contributed by atoms with E-state index in [9.17, 15) is 4.79 Å². The molecule has 0 fully saturated rings. The first-order chi connectivity index (χ1) is 10.2. The summed E-state index contributed by atoms with van der Waals surface area (Å²) in [5.74, 6) is 4.26. The van der Waals surface area contributed by atoms with Crippen LogP contribution >= 0.6 is 0 Å². The molecule has 0 unspecified atom stereocenters. The summed E-state index contributed by atoms with van der Waals surface area (Å²) in [4.78, 5) is 12.0. The molecule has 0 aromatic carbocycles. The first kappa shape index (κ1) is 18.8. The van der Waals surface area contributed by atoms with Gasteiger partial charge in [0.25, 0.3) is 0 Å². The molecule has 22 heavy (non-hydrogen) atoms. The summed E-state index contributed by atoms with van der Waals surface area (Å²) in [6, 6.07) is 0. The van der Waals surface area contributed by atoms with E-state index in [0.717, 1.165) is 37.0 Å². The van der Waals surface area contributed by atoms with Crippen LogP contribution < -0.4 is 0 Å². The Labute approximate surface area is 137 Å². The van der Waals surface area contributed by atoms with Crippen molar-refractivity contribution < 1.29 is 9.53 Å². The Balaban J connectivity index is 2.54. The highest BCUT2D eigenvalue weighted by molar-refractivity contribution is 6.87. The summed E-state index contributed by atoms with van der Waals surface area (Å²) < 4.78 is 5.41. The maximum absolute atomic E-state index is 12.0. The molecule has 0 N–H and O–H groups in total. The summed E-state index contributed by atoms with van der Waals surface area (Å²) in [6.07, 6.45) is 7.02. The van der Waals surface area contributed by atoms with E-state index in [1.54, 1.807) is 6.08 Å². The summed E-state index contributed by atoms with van der Waals surface area (Å²) >= 11 is 0. The van der Waals surface area contributed by atoms with E-state index in [2.05, 4.69) is 51.4 Å². The Morgan fingerprint density at radius 1 is 1.32 bits per heavy atom. The van der Waals surface area contributed by atoms with Crippen LogP contribution in [0, 0.1) is 11.5 Å². The van der Waals surface area contributed by atoms with Gasteiger partial charge in [-0.15, -0.1) is 11.5 Å². The molecule has 0 spiro atoms. The maximum Gasteiger partial charge on any atom is 0.184 e. The van der Waals surface area contributed by atoms with Gasteiger partial charge in [-0.05, 0) is 30.4 Å². The van der Waals surface area contributed by atoms with Gasteiger partial charge in [-0.25, -0.2) is 0 Å². The molecule has 0 heterocycles. The fourth-order valence-corrected chi connectivity index (χ4v) is 2.93. The molecule has 1 aliphatic rings. The molecule has 0 aliphatic heterocycles. The number of carbonyl (C=O) groups is 1. The van der Waals surface area contributed by atoms with E-state index in [1.807, 2.05) is 6.92 Å². The van der Waals surface area contributed by atoms with Crippen LogP contribution in [0.3, 0.4) is 0 Å². The van der Waals surface area contributed by atoms with Crippen LogP contribution in [0.25, 0.3) is 0 Å². The minimum Gasteiger partial charge on any atom is -0.498 e. The fraction of sp³-hybridized carbons (Fsp3) is 0.632. The van der Waals surface area contributed by atoms with Gasteiger partial charge >= 0.3 is 0 Å². The largest absolute Gasteiger partial charge is 0.498 e. The molecule has 2 nitrogen and oxygen atoms in total. The third kappa shape index (κ3) is 5.49. The fourth-order valence-electron chi connectivity index (χ4n) is 1.98. The van der Waals surface area contributed by atoms with E-state index in [4.69, 9.17) is 4.74 Å². The molecule has 0 aromatic rings. The molecule has 0 amide bonds. The van der Waals surface area contributed by atoms with Crippen LogP contribution in [0.5, 0.6) is 0 Å². The SMILES string of the molecule is CCOC1=CC(=O)C(=CCCC#C[Si](C)(C)C(C)(C)C)CC1. The van der Waals surface area contributed by atoms with Gasteiger partial charge in [0.05, 0.1) is 6.61 Å². The van der Waals surface area contributed by atoms with Crippen LogP contribution in [0.2, 0.25) is 18.1 Å². The topological polar surface area (TPSA) is 26.3 Å². The number of hydrogen-bond donors (Lipinski definition) is 0. The summed E-state index contributed by atoms with van der Waals surface area (Å²) in [5, 5.41) is 0.304. The van der Waals surface area contributed by atoms with Crippen molar-refractivity contribution in [3.63, 3.8) is 0 Å². The molecule has 1 rings (SSSR count). The minimum atomic E-state index is -1.50. The second-order valence-electron chi connectivity index (χ2n) is 7.35. The van der Waals surface area contributed by atoms with Crippen LogP contribution in [0.4, 0.5) is 0 Å². The molecule has 0 saturated carbocycles. The van der Waals surface area contributed by atoms with Crippen molar-refractivity contribution in [1.82, 2.24) is 0 Å².